The van der Waals surface area contributed by atoms with Crippen molar-refractivity contribution in [1.82, 2.24) is 9.88 Å². The van der Waals surface area contributed by atoms with Crippen molar-refractivity contribution in [2.75, 3.05) is 26.1 Å². The monoisotopic (exact) mass is 491 g/mol. The second kappa shape index (κ2) is 10.9. The molecule has 33 heavy (non-hydrogen) atoms. The van der Waals surface area contributed by atoms with Crippen LogP contribution in [0.4, 0.5) is 5.69 Å². The van der Waals surface area contributed by atoms with Crippen LogP contribution in [0.25, 0.3) is 21.8 Å². The molecule has 178 valence electrons. The number of hydrogen-bond acceptors (Lipinski definition) is 7. The summed E-state index contributed by atoms with van der Waals surface area (Å²) < 4.78 is 18.0. The number of fused-ring (bicyclic) bond motifs is 2. The number of hydrogen-bond donors (Lipinski definition) is 1. The van der Waals surface area contributed by atoms with Crippen LogP contribution in [-0.2, 0) is 14.3 Å². The van der Waals surface area contributed by atoms with Crippen LogP contribution in [0.2, 0.25) is 5.02 Å². The molecule has 0 bridgehead atoms. The Morgan fingerprint density at radius 3 is 2.42 bits per heavy atom. The van der Waals surface area contributed by atoms with Gasteiger partial charge in [0.25, 0.3) is 0 Å². The number of methoxy groups -OCH3 is 1. The van der Waals surface area contributed by atoms with E-state index in [1.165, 1.54) is 7.11 Å². The van der Waals surface area contributed by atoms with E-state index in [1.54, 1.807) is 7.11 Å². The highest BCUT2D eigenvalue weighted by Gasteiger charge is 2.43. The van der Waals surface area contributed by atoms with E-state index in [2.05, 4.69) is 11.4 Å². The van der Waals surface area contributed by atoms with E-state index in [0.29, 0.717) is 23.7 Å². The highest BCUT2D eigenvalue weighted by molar-refractivity contribution is 7.25. The number of nitrogens with zero attached hydrogens (tertiary/aromatic N) is 2. The van der Waals surface area contributed by atoms with Crippen LogP contribution in [0, 0.1) is 0 Å². The van der Waals surface area contributed by atoms with Crippen molar-refractivity contribution in [2.45, 2.75) is 51.7 Å². The molecule has 0 aliphatic carbocycles. The minimum atomic E-state index is -1.14. The lowest BCUT2D eigenvalue weighted by molar-refractivity contribution is -0.358. The van der Waals surface area contributed by atoms with Gasteiger partial charge in [0.15, 0.2) is 0 Å². The summed E-state index contributed by atoms with van der Waals surface area (Å²) in [6.07, 6.45) is 0.401. The molecule has 0 radical (unpaired) electrons. The molecule has 0 aliphatic heterocycles. The maximum atomic E-state index is 12.4. The van der Waals surface area contributed by atoms with Crippen LogP contribution in [-0.4, -0.2) is 48.2 Å². The summed E-state index contributed by atoms with van der Waals surface area (Å²) in [5.74, 6) is 0.695. The zero-order chi connectivity index (χ0) is 24.2. The number of benzene rings is 2. The SMILES string of the molecule is COOC(CCNc1c(OC)ccc2nc3cc(Cl)ccc3cc12)(P=O)N(C(C)C)C(C)C. The van der Waals surface area contributed by atoms with Crippen LogP contribution < -0.4 is 10.1 Å². The first kappa shape index (κ1) is 25.6. The molecular formula is C24H31ClN3O4P. The third-order valence-corrected chi connectivity index (χ3v) is 6.61. The lowest BCUT2D eigenvalue weighted by atomic mass is 10.1. The summed E-state index contributed by atoms with van der Waals surface area (Å²) in [6.45, 7) is 8.64. The fourth-order valence-corrected chi connectivity index (χ4v) is 5.44. The molecule has 0 aliphatic rings. The predicted octanol–water partition coefficient (Wildman–Crippen LogP) is 6.49. The van der Waals surface area contributed by atoms with E-state index in [4.69, 9.17) is 31.1 Å². The number of rotatable bonds is 11. The van der Waals surface area contributed by atoms with Crippen molar-refractivity contribution in [2.24, 2.45) is 0 Å². The molecule has 1 atom stereocenters. The average molecular weight is 492 g/mol. The maximum Gasteiger partial charge on any atom is 0.238 e. The standard InChI is InChI=1S/C24H31ClN3O4P/c1-15(2)28(16(3)4)24(33-29,32-31-6)11-12-26-23-19-13-17-7-8-18(25)14-21(17)27-20(19)9-10-22(23)30-5/h7-10,13-16,26H,11-12H2,1-6H3. The Labute approximate surface area is 201 Å². The third-order valence-electron chi connectivity index (χ3n) is 5.57. The predicted molar refractivity (Wildman–Crippen MR) is 134 cm³/mol. The minimum absolute atomic E-state index is 0.0936. The van der Waals surface area contributed by atoms with E-state index in [-0.39, 0.29) is 20.5 Å². The van der Waals surface area contributed by atoms with E-state index >= 15 is 0 Å². The van der Waals surface area contributed by atoms with Gasteiger partial charge in [-0.25, -0.2) is 14.8 Å². The van der Waals surface area contributed by atoms with Crippen molar-refractivity contribution in [1.29, 1.82) is 0 Å². The lowest BCUT2D eigenvalue weighted by Gasteiger charge is -2.42. The highest BCUT2D eigenvalue weighted by Crippen LogP contribution is 2.38. The Morgan fingerprint density at radius 2 is 1.82 bits per heavy atom. The van der Waals surface area contributed by atoms with Gasteiger partial charge >= 0.3 is 0 Å². The molecule has 0 fully saturated rings. The molecule has 0 saturated carbocycles. The topological polar surface area (TPSA) is 72.9 Å². The maximum absolute atomic E-state index is 12.4. The molecule has 2 aromatic carbocycles. The van der Waals surface area contributed by atoms with Crippen LogP contribution in [0.15, 0.2) is 36.4 Å². The molecule has 1 unspecified atom stereocenters. The molecule has 0 saturated heterocycles. The van der Waals surface area contributed by atoms with Gasteiger partial charge in [-0.15, -0.1) is 0 Å². The molecule has 7 nitrogen and oxygen atoms in total. The van der Waals surface area contributed by atoms with Crippen molar-refractivity contribution in [3.05, 3.63) is 41.4 Å². The number of ether oxygens (including phenoxy) is 1. The normalized spacial score (nSPS) is 14.0. The number of anilines is 1. The Hall–Kier alpha value is -2.02. The number of halogens is 1. The van der Waals surface area contributed by atoms with Crippen molar-refractivity contribution in [3.63, 3.8) is 0 Å². The van der Waals surface area contributed by atoms with Crippen molar-refractivity contribution >= 4 is 47.6 Å². The van der Waals surface area contributed by atoms with E-state index < -0.39 is 5.47 Å². The third kappa shape index (κ3) is 5.39. The molecule has 3 aromatic rings. The summed E-state index contributed by atoms with van der Waals surface area (Å²) in [7, 11) is 2.89. The van der Waals surface area contributed by atoms with Gasteiger partial charge in [-0.05, 0) is 58.0 Å². The van der Waals surface area contributed by atoms with Crippen LogP contribution in [0.3, 0.4) is 0 Å². The smallest absolute Gasteiger partial charge is 0.238 e. The molecular weight excluding hydrogens is 461 g/mol. The first-order chi connectivity index (χ1) is 15.8. The Morgan fingerprint density at radius 1 is 1.09 bits per heavy atom. The van der Waals surface area contributed by atoms with Crippen molar-refractivity contribution < 1.29 is 19.1 Å². The van der Waals surface area contributed by atoms with Gasteiger partial charge in [0.05, 0.1) is 30.9 Å². The van der Waals surface area contributed by atoms with E-state index in [1.807, 2.05) is 62.9 Å². The van der Waals surface area contributed by atoms with Gasteiger partial charge in [-0.3, -0.25) is 9.46 Å². The van der Waals surface area contributed by atoms with Gasteiger partial charge in [0.1, 0.15) is 5.75 Å². The molecule has 0 spiro atoms. The molecule has 3 rings (SSSR count). The minimum Gasteiger partial charge on any atom is -0.495 e. The van der Waals surface area contributed by atoms with Gasteiger partial charge in [-0.2, -0.15) is 0 Å². The number of aromatic nitrogens is 1. The zero-order valence-corrected chi connectivity index (χ0v) is 21.5. The van der Waals surface area contributed by atoms with Gasteiger partial charge < -0.3 is 10.1 Å². The fraction of sp³-hybridized carbons (Fsp3) is 0.458. The number of pyridine rings is 1. The van der Waals surface area contributed by atoms with Crippen LogP contribution in [0.5, 0.6) is 5.75 Å². The van der Waals surface area contributed by atoms with E-state index in [9.17, 15) is 4.57 Å². The lowest BCUT2D eigenvalue weighted by Crippen LogP contribution is -2.54. The summed E-state index contributed by atoms with van der Waals surface area (Å²) in [6, 6.07) is 11.7. The molecule has 9 heteroatoms. The summed E-state index contributed by atoms with van der Waals surface area (Å²) in [4.78, 5) is 17.5. The molecule has 1 heterocycles. The zero-order valence-electron chi connectivity index (χ0n) is 19.9. The second-order valence-electron chi connectivity index (χ2n) is 8.39. The summed E-state index contributed by atoms with van der Waals surface area (Å²) in [5.41, 5.74) is 1.33. The van der Waals surface area contributed by atoms with Gasteiger partial charge in [0, 0.05) is 40.8 Å². The van der Waals surface area contributed by atoms with Gasteiger partial charge in [0.2, 0.25) is 13.9 Å². The van der Waals surface area contributed by atoms with E-state index in [0.717, 1.165) is 27.5 Å². The van der Waals surface area contributed by atoms with Gasteiger partial charge in [-0.1, -0.05) is 17.7 Å². The molecule has 1 N–H and O–H groups in total. The average Bonchev–Trinajstić information content (AvgIpc) is 2.77. The quantitative estimate of drug-likeness (QED) is 0.108. The Bertz CT molecular complexity index is 1120. The fourth-order valence-electron chi connectivity index (χ4n) is 4.41. The van der Waals surface area contributed by atoms with Crippen molar-refractivity contribution in [3.8, 4) is 5.75 Å². The van der Waals surface area contributed by atoms with Crippen LogP contribution >= 0.6 is 20.1 Å². The largest absolute Gasteiger partial charge is 0.495 e. The first-order valence-corrected chi connectivity index (χ1v) is 12.1. The number of nitrogens with one attached hydrogen (secondary N) is 1. The Balaban J connectivity index is 1.97. The molecule has 1 aromatic heterocycles. The summed E-state index contributed by atoms with van der Waals surface area (Å²) in [5, 5.41) is 6.01. The van der Waals surface area contributed by atoms with Crippen LogP contribution in [0.1, 0.15) is 34.1 Å². The first-order valence-electron chi connectivity index (χ1n) is 10.9. The second-order valence-corrected chi connectivity index (χ2v) is 9.71. The molecule has 0 amide bonds. The summed E-state index contributed by atoms with van der Waals surface area (Å²) >= 11 is 6.14. The Kier molecular flexibility index (Phi) is 8.48. The highest BCUT2D eigenvalue weighted by atomic mass is 35.5.